The quantitative estimate of drug-likeness (QED) is 0.814. The number of hydrogen-bond acceptors (Lipinski definition) is 7. The van der Waals surface area contributed by atoms with Crippen LogP contribution in [0.25, 0.3) is 5.57 Å². The molecule has 4 rings (SSSR count). The molecule has 8 heteroatoms. The zero-order chi connectivity index (χ0) is 18.8. The first-order valence-corrected chi connectivity index (χ1v) is 9.07. The van der Waals surface area contributed by atoms with Gasteiger partial charge in [0.25, 0.3) is 0 Å². The Morgan fingerprint density at radius 3 is 3.00 bits per heavy atom. The molecule has 0 saturated carbocycles. The van der Waals surface area contributed by atoms with E-state index in [1.165, 1.54) is 0 Å². The summed E-state index contributed by atoms with van der Waals surface area (Å²) < 4.78 is 11.3. The number of rotatable bonds is 4. The van der Waals surface area contributed by atoms with Crippen LogP contribution in [0.3, 0.4) is 0 Å². The molecule has 1 aromatic carbocycles. The standard InChI is InChI=1S/C19H20ClN5O2/c1-26-14-4-2-3-12(7-14)13-8-15(22-10-13)16-11-25(5-6-27-16)18-9-17(20)23-19(21)24-18/h2-4,7,9-10,16H,5-6,8,11H2,1H3,(H2,21,23,24). The molecule has 0 spiro atoms. The Kier molecular flexibility index (Phi) is 4.96. The van der Waals surface area contributed by atoms with Crippen LogP contribution >= 0.6 is 11.6 Å². The number of nitrogens with zero attached hydrogens (tertiary/aromatic N) is 4. The van der Waals surface area contributed by atoms with Crippen LogP contribution < -0.4 is 15.4 Å². The number of halogens is 1. The molecule has 7 nitrogen and oxygen atoms in total. The molecule has 140 valence electrons. The highest BCUT2D eigenvalue weighted by Crippen LogP contribution is 2.29. The molecule has 1 saturated heterocycles. The number of ether oxygens (including phenoxy) is 2. The van der Waals surface area contributed by atoms with Crippen LogP contribution in [-0.2, 0) is 4.74 Å². The topological polar surface area (TPSA) is 85.9 Å². The van der Waals surface area contributed by atoms with E-state index in [-0.39, 0.29) is 12.1 Å². The van der Waals surface area contributed by atoms with Gasteiger partial charge < -0.3 is 20.1 Å². The second kappa shape index (κ2) is 7.54. The first-order chi connectivity index (χ1) is 13.1. The van der Waals surface area contributed by atoms with E-state index in [0.717, 1.165) is 29.0 Å². The number of nitrogens with two attached hydrogens (primary N) is 1. The van der Waals surface area contributed by atoms with Crippen LogP contribution in [0.1, 0.15) is 12.0 Å². The molecular formula is C19H20ClN5O2. The van der Waals surface area contributed by atoms with Gasteiger partial charge in [0.15, 0.2) is 0 Å². The van der Waals surface area contributed by atoms with E-state index in [1.807, 2.05) is 24.4 Å². The maximum atomic E-state index is 6.01. The molecule has 2 aliphatic rings. The Labute approximate surface area is 162 Å². The normalized spacial score (nSPS) is 19.6. The lowest BCUT2D eigenvalue weighted by atomic mass is 10.00. The van der Waals surface area contributed by atoms with Crippen LogP contribution in [0.4, 0.5) is 11.8 Å². The van der Waals surface area contributed by atoms with Crippen molar-refractivity contribution in [3.8, 4) is 5.75 Å². The zero-order valence-electron chi connectivity index (χ0n) is 14.9. The number of hydrogen-bond donors (Lipinski definition) is 1. The third-order valence-corrected chi connectivity index (χ3v) is 4.85. The Morgan fingerprint density at radius 1 is 1.30 bits per heavy atom. The van der Waals surface area contributed by atoms with Gasteiger partial charge in [0.2, 0.25) is 5.95 Å². The molecule has 2 aromatic rings. The molecule has 0 aliphatic carbocycles. The predicted molar refractivity (Wildman–Crippen MR) is 106 cm³/mol. The lowest BCUT2D eigenvalue weighted by Crippen LogP contribution is -2.46. The number of benzene rings is 1. The average Bonchev–Trinajstić information content (AvgIpc) is 3.18. The molecule has 0 bridgehead atoms. The number of aromatic nitrogens is 2. The number of nitrogen functional groups attached to an aromatic ring is 1. The molecule has 1 unspecified atom stereocenters. The lowest BCUT2D eigenvalue weighted by Gasteiger charge is -2.34. The summed E-state index contributed by atoms with van der Waals surface area (Å²) in [7, 11) is 1.67. The van der Waals surface area contributed by atoms with Crippen molar-refractivity contribution < 1.29 is 9.47 Å². The fraction of sp³-hybridized carbons (Fsp3) is 0.316. The average molecular weight is 386 g/mol. The van der Waals surface area contributed by atoms with Crippen molar-refractivity contribution in [2.24, 2.45) is 4.99 Å². The van der Waals surface area contributed by atoms with Crippen LogP contribution in [-0.4, -0.2) is 48.6 Å². The molecule has 2 N–H and O–H groups in total. The largest absolute Gasteiger partial charge is 0.497 e. The molecular weight excluding hydrogens is 366 g/mol. The summed E-state index contributed by atoms with van der Waals surface area (Å²) in [6.07, 6.45) is 2.55. The second-order valence-electron chi connectivity index (χ2n) is 6.40. The van der Waals surface area contributed by atoms with E-state index in [2.05, 4.69) is 25.9 Å². The van der Waals surface area contributed by atoms with E-state index in [4.69, 9.17) is 26.8 Å². The summed E-state index contributed by atoms with van der Waals surface area (Å²) >= 11 is 6.01. The number of methoxy groups -OCH3 is 1. The van der Waals surface area contributed by atoms with Crippen molar-refractivity contribution in [3.63, 3.8) is 0 Å². The summed E-state index contributed by atoms with van der Waals surface area (Å²) in [6.45, 7) is 1.94. The number of morpholine rings is 1. The van der Waals surface area contributed by atoms with Gasteiger partial charge in [0, 0.05) is 25.2 Å². The van der Waals surface area contributed by atoms with Gasteiger partial charge in [0.05, 0.1) is 26.0 Å². The molecule has 0 amide bonds. The van der Waals surface area contributed by atoms with E-state index in [1.54, 1.807) is 13.2 Å². The summed E-state index contributed by atoms with van der Waals surface area (Å²) in [5, 5.41) is 0.334. The molecule has 1 aromatic heterocycles. The minimum atomic E-state index is -0.104. The van der Waals surface area contributed by atoms with Gasteiger partial charge >= 0.3 is 0 Å². The van der Waals surface area contributed by atoms with Gasteiger partial charge in [-0.15, -0.1) is 0 Å². The first-order valence-electron chi connectivity index (χ1n) is 8.69. The van der Waals surface area contributed by atoms with E-state index in [0.29, 0.717) is 30.7 Å². The van der Waals surface area contributed by atoms with E-state index >= 15 is 0 Å². The smallest absolute Gasteiger partial charge is 0.223 e. The van der Waals surface area contributed by atoms with Crippen LogP contribution in [0, 0.1) is 0 Å². The summed E-state index contributed by atoms with van der Waals surface area (Å²) in [6, 6.07) is 9.71. The molecule has 3 heterocycles. The van der Waals surface area contributed by atoms with E-state index in [9.17, 15) is 0 Å². The monoisotopic (exact) mass is 385 g/mol. The zero-order valence-corrected chi connectivity index (χ0v) is 15.7. The molecule has 27 heavy (non-hydrogen) atoms. The van der Waals surface area contributed by atoms with Crippen LogP contribution in [0.5, 0.6) is 5.75 Å². The SMILES string of the molecule is COc1cccc(C2=CN=C(C3CN(c4cc(Cl)nc(N)n4)CCO3)C2)c1. The van der Waals surface area contributed by atoms with Crippen molar-refractivity contribution in [3.05, 3.63) is 47.2 Å². The van der Waals surface area contributed by atoms with Gasteiger partial charge in [-0.3, -0.25) is 4.99 Å². The maximum Gasteiger partial charge on any atom is 0.223 e. The fourth-order valence-electron chi connectivity index (χ4n) is 3.29. The second-order valence-corrected chi connectivity index (χ2v) is 6.78. The van der Waals surface area contributed by atoms with Crippen molar-refractivity contribution in [2.45, 2.75) is 12.5 Å². The Balaban J connectivity index is 1.45. The Bertz CT molecular complexity index is 894. The number of allylic oxidation sites excluding steroid dienone is 1. The van der Waals surface area contributed by atoms with Crippen LogP contribution in [0.15, 0.2) is 41.5 Å². The predicted octanol–water partition coefficient (Wildman–Crippen LogP) is 2.81. The highest BCUT2D eigenvalue weighted by Gasteiger charge is 2.28. The molecule has 2 aliphatic heterocycles. The number of anilines is 2. The molecule has 0 radical (unpaired) electrons. The van der Waals surface area contributed by atoms with Gasteiger partial charge in [-0.05, 0) is 23.3 Å². The van der Waals surface area contributed by atoms with E-state index < -0.39 is 0 Å². The Hall–Kier alpha value is -2.64. The van der Waals surface area contributed by atoms with Crippen molar-refractivity contribution in [1.29, 1.82) is 0 Å². The fourth-order valence-corrected chi connectivity index (χ4v) is 3.47. The van der Waals surface area contributed by atoms with Gasteiger partial charge in [-0.2, -0.15) is 4.98 Å². The molecule has 1 fully saturated rings. The third kappa shape index (κ3) is 3.89. The third-order valence-electron chi connectivity index (χ3n) is 4.66. The van der Waals surface area contributed by atoms with Gasteiger partial charge in [0.1, 0.15) is 22.8 Å². The number of aliphatic imine (C=N–C) groups is 1. The van der Waals surface area contributed by atoms with Crippen molar-refractivity contribution in [1.82, 2.24) is 9.97 Å². The van der Waals surface area contributed by atoms with Crippen molar-refractivity contribution >= 4 is 34.7 Å². The highest BCUT2D eigenvalue weighted by atomic mass is 35.5. The van der Waals surface area contributed by atoms with Gasteiger partial charge in [-0.25, -0.2) is 4.98 Å². The first kappa shape index (κ1) is 17.8. The minimum absolute atomic E-state index is 0.104. The van der Waals surface area contributed by atoms with Crippen LogP contribution in [0.2, 0.25) is 5.15 Å². The summed E-state index contributed by atoms with van der Waals surface area (Å²) in [5.41, 5.74) is 8.99. The van der Waals surface area contributed by atoms with Crippen molar-refractivity contribution in [2.75, 3.05) is 37.4 Å². The maximum absolute atomic E-state index is 6.01. The summed E-state index contributed by atoms with van der Waals surface area (Å²) in [5.74, 6) is 1.71. The van der Waals surface area contributed by atoms with Gasteiger partial charge in [-0.1, -0.05) is 23.7 Å². The minimum Gasteiger partial charge on any atom is -0.497 e. The molecule has 1 atom stereocenters. The summed E-state index contributed by atoms with van der Waals surface area (Å²) in [4.78, 5) is 14.9. The highest BCUT2D eigenvalue weighted by molar-refractivity contribution is 6.29. The lowest BCUT2D eigenvalue weighted by molar-refractivity contribution is 0.0829. The Morgan fingerprint density at radius 2 is 2.19 bits per heavy atom.